The summed E-state index contributed by atoms with van der Waals surface area (Å²) in [5, 5.41) is 34.8. The molecule has 4 nitrogen and oxygen atoms in total. The Labute approximate surface area is 203 Å². The summed E-state index contributed by atoms with van der Waals surface area (Å²) < 4.78 is 0. The van der Waals surface area contributed by atoms with Crippen LogP contribution in [0.4, 0.5) is 0 Å². The fraction of sp³-hybridized carbons (Fsp3) is 0.0345. The smallest absolute Gasteiger partial charge is 0.0991 e. The van der Waals surface area contributed by atoms with Gasteiger partial charge in [0, 0.05) is 9.79 Å². The maximum absolute atomic E-state index is 8.70. The predicted molar refractivity (Wildman–Crippen MR) is 132 cm³/mol. The third kappa shape index (κ3) is 7.12. The molecule has 4 aromatic carbocycles. The van der Waals surface area contributed by atoms with Gasteiger partial charge in [-0.1, -0.05) is 36.0 Å². The van der Waals surface area contributed by atoms with E-state index in [0.29, 0.717) is 22.3 Å². The van der Waals surface area contributed by atoms with Crippen LogP contribution in [-0.2, 0) is 6.42 Å². The molecule has 0 spiro atoms. The molecule has 4 rings (SSSR count). The van der Waals surface area contributed by atoms with Gasteiger partial charge >= 0.3 is 0 Å². The summed E-state index contributed by atoms with van der Waals surface area (Å²) in [6.45, 7) is 0. The summed E-state index contributed by atoms with van der Waals surface area (Å²) in [5.74, 6) is 0. The van der Waals surface area contributed by atoms with Crippen LogP contribution in [0, 0.1) is 45.3 Å². The molecule has 34 heavy (non-hydrogen) atoms. The van der Waals surface area contributed by atoms with Crippen molar-refractivity contribution < 1.29 is 0 Å². The Balaban J connectivity index is 0.000000191. The van der Waals surface area contributed by atoms with E-state index in [9.17, 15) is 0 Å². The molecule has 0 atom stereocenters. The zero-order valence-electron chi connectivity index (χ0n) is 18.1. The highest BCUT2D eigenvalue weighted by atomic mass is 32.2. The van der Waals surface area contributed by atoms with Crippen molar-refractivity contribution in [3.63, 3.8) is 0 Å². The lowest BCUT2D eigenvalue weighted by atomic mass is 10.0. The third-order valence-corrected chi connectivity index (χ3v) is 5.79. The van der Waals surface area contributed by atoms with E-state index in [1.165, 1.54) is 0 Å². The quantitative estimate of drug-likeness (QED) is 0.346. The zero-order valence-corrected chi connectivity index (χ0v) is 19.0. The van der Waals surface area contributed by atoms with Crippen LogP contribution in [0.2, 0.25) is 0 Å². The molecule has 0 aliphatic carbocycles. The van der Waals surface area contributed by atoms with E-state index in [1.54, 1.807) is 36.0 Å². The monoisotopic (exact) mass is 454 g/mol. The Kier molecular flexibility index (Phi) is 8.61. The van der Waals surface area contributed by atoms with E-state index in [-0.39, 0.29) is 0 Å². The molecule has 0 radical (unpaired) electrons. The Morgan fingerprint density at radius 1 is 0.412 bits per heavy atom. The molecule has 4 aromatic rings. The fourth-order valence-corrected chi connectivity index (χ4v) is 3.78. The van der Waals surface area contributed by atoms with Crippen molar-refractivity contribution in [3.8, 4) is 24.3 Å². The van der Waals surface area contributed by atoms with Crippen LogP contribution in [-0.4, -0.2) is 0 Å². The van der Waals surface area contributed by atoms with Crippen molar-refractivity contribution in [2.45, 2.75) is 16.2 Å². The lowest BCUT2D eigenvalue weighted by molar-refractivity contribution is 1.19. The molecule has 0 heterocycles. The number of nitriles is 4. The Hall–Kier alpha value is -4.81. The first-order valence-corrected chi connectivity index (χ1v) is 11.1. The van der Waals surface area contributed by atoms with E-state index in [2.05, 4.69) is 24.3 Å². The van der Waals surface area contributed by atoms with Gasteiger partial charge < -0.3 is 0 Å². The topological polar surface area (TPSA) is 95.2 Å². The summed E-state index contributed by atoms with van der Waals surface area (Å²) in [6.07, 6.45) is 0.817. The molecular formula is C29H18N4S. The summed E-state index contributed by atoms with van der Waals surface area (Å²) in [4.78, 5) is 2.16. The number of hydrogen-bond acceptors (Lipinski definition) is 5. The highest BCUT2D eigenvalue weighted by Crippen LogP contribution is 2.27. The van der Waals surface area contributed by atoms with E-state index >= 15 is 0 Å². The van der Waals surface area contributed by atoms with Gasteiger partial charge in [-0.15, -0.1) is 0 Å². The van der Waals surface area contributed by atoms with Crippen LogP contribution < -0.4 is 0 Å². The number of hydrogen-bond donors (Lipinski definition) is 0. The highest BCUT2D eigenvalue weighted by Gasteiger charge is 1.99. The van der Waals surface area contributed by atoms with Crippen LogP contribution in [0.1, 0.15) is 33.4 Å². The summed E-state index contributed by atoms with van der Waals surface area (Å²) in [7, 11) is 0. The first-order chi connectivity index (χ1) is 16.6. The van der Waals surface area contributed by atoms with Crippen molar-refractivity contribution in [1.82, 2.24) is 0 Å². The van der Waals surface area contributed by atoms with Gasteiger partial charge in [-0.3, -0.25) is 0 Å². The Morgan fingerprint density at radius 3 is 0.941 bits per heavy atom. The molecule has 0 aromatic heterocycles. The van der Waals surface area contributed by atoms with Crippen molar-refractivity contribution in [3.05, 3.63) is 130 Å². The average Bonchev–Trinajstić information content (AvgIpc) is 2.91. The second-order valence-corrected chi connectivity index (χ2v) is 8.32. The van der Waals surface area contributed by atoms with E-state index in [0.717, 1.165) is 27.3 Å². The van der Waals surface area contributed by atoms with Crippen LogP contribution in [0.15, 0.2) is 107 Å². The van der Waals surface area contributed by atoms with Gasteiger partial charge in [0.25, 0.3) is 0 Å². The summed E-state index contributed by atoms with van der Waals surface area (Å²) in [5.41, 5.74) is 4.99. The van der Waals surface area contributed by atoms with Crippen LogP contribution in [0.3, 0.4) is 0 Å². The normalized spacial score (nSPS) is 9.29. The van der Waals surface area contributed by atoms with Crippen molar-refractivity contribution in [2.75, 3.05) is 0 Å². The van der Waals surface area contributed by atoms with Crippen molar-refractivity contribution in [1.29, 1.82) is 21.0 Å². The lowest BCUT2D eigenvalue weighted by Gasteiger charge is -2.02. The molecule has 0 amide bonds. The molecule has 0 bridgehead atoms. The maximum atomic E-state index is 8.70. The molecule has 5 heteroatoms. The standard InChI is InChI=1S/C15H10N2.C14H8N2S/c16-10-14-5-1-12(2-6-14)9-13-3-7-15(11-17)8-4-13;15-9-11-1-5-13(6-2-11)17-14-7-3-12(10-16)4-8-14/h1-8H,9H2;1-8H. The summed E-state index contributed by atoms with van der Waals surface area (Å²) >= 11 is 1.61. The van der Waals surface area contributed by atoms with Gasteiger partial charge in [-0.25, -0.2) is 0 Å². The second kappa shape index (κ2) is 12.3. The first kappa shape index (κ1) is 23.8. The molecule has 0 N–H and O–H groups in total. The molecule has 0 saturated carbocycles. The number of rotatable bonds is 4. The Bertz CT molecular complexity index is 1170. The molecule has 0 aliphatic heterocycles. The zero-order chi connectivity index (χ0) is 24.2. The number of benzene rings is 4. The predicted octanol–water partition coefficient (Wildman–Crippen LogP) is 6.60. The minimum Gasteiger partial charge on any atom is -0.192 e. The average molecular weight is 455 g/mol. The van der Waals surface area contributed by atoms with Gasteiger partial charge in [0.2, 0.25) is 0 Å². The van der Waals surface area contributed by atoms with Crippen molar-refractivity contribution >= 4 is 11.8 Å². The largest absolute Gasteiger partial charge is 0.192 e. The molecule has 0 fully saturated rings. The minimum atomic E-state index is 0.661. The number of nitrogens with zero attached hydrogens (tertiary/aromatic N) is 4. The van der Waals surface area contributed by atoms with Gasteiger partial charge in [0.1, 0.15) is 0 Å². The molecule has 160 valence electrons. The lowest BCUT2D eigenvalue weighted by Crippen LogP contribution is -1.88. The SMILES string of the molecule is N#Cc1ccc(Cc2ccc(C#N)cc2)cc1.N#Cc1ccc(Sc2ccc(C#N)cc2)cc1. The van der Waals surface area contributed by atoms with E-state index < -0.39 is 0 Å². The van der Waals surface area contributed by atoms with Gasteiger partial charge in [-0.2, -0.15) is 21.0 Å². The summed E-state index contributed by atoms with van der Waals surface area (Å²) in [6, 6.07) is 38.3. The first-order valence-electron chi connectivity index (χ1n) is 10.3. The maximum Gasteiger partial charge on any atom is 0.0991 e. The molecular weight excluding hydrogens is 436 g/mol. The molecule has 0 aliphatic rings. The van der Waals surface area contributed by atoms with Crippen LogP contribution in [0.25, 0.3) is 0 Å². The fourth-order valence-electron chi connectivity index (χ4n) is 2.96. The van der Waals surface area contributed by atoms with E-state index in [1.807, 2.05) is 72.8 Å². The van der Waals surface area contributed by atoms with Gasteiger partial charge in [-0.05, 0) is 90.3 Å². The molecule has 0 unspecified atom stereocenters. The van der Waals surface area contributed by atoms with Crippen LogP contribution >= 0.6 is 11.8 Å². The minimum absolute atomic E-state index is 0.661. The van der Waals surface area contributed by atoms with Crippen molar-refractivity contribution in [2.24, 2.45) is 0 Å². The highest BCUT2D eigenvalue weighted by molar-refractivity contribution is 7.99. The van der Waals surface area contributed by atoms with Gasteiger partial charge in [0.05, 0.1) is 46.5 Å². The second-order valence-electron chi connectivity index (χ2n) is 7.17. The third-order valence-electron chi connectivity index (χ3n) is 4.78. The molecule has 0 saturated heterocycles. The van der Waals surface area contributed by atoms with Gasteiger partial charge in [0.15, 0.2) is 0 Å². The van der Waals surface area contributed by atoms with Crippen LogP contribution in [0.5, 0.6) is 0 Å². The van der Waals surface area contributed by atoms with E-state index in [4.69, 9.17) is 21.0 Å². The Morgan fingerprint density at radius 2 is 0.676 bits per heavy atom.